The van der Waals surface area contributed by atoms with Crippen LogP contribution in [0.1, 0.15) is 31.9 Å². The van der Waals surface area contributed by atoms with E-state index in [9.17, 15) is 9.59 Å². The highest BCUT2D eigenvalue weighted by atomic mass is 32.1. The van der Waals surface area contributed by atoms with Gasteiger partial charge in [-0.2, -0.15) is 0 Å². The van der Waals surface area contributed by atoms with Gasteiger partial charge in [-0.15, -0.1) is 11.3 Å². The standard InChI is InChI=1S/C24H24N2O3S/c1-29-24(28)22-19-12-13-26(15-18-10-6-3-7-11-18)16-20(19)30-23(22)25-21(27)14-17-8-4-2-5-9-17/h2-11H,12-16H2,1H3,(H,25,27)/p+1. The molecule has 0 spiro atoms. The molecule has 0 radical (unpaired) electrons. The first-order chi connectivity index (χ1) is 14.6. The fourth-order valence-corrected chi connectivity index (χ4v) is 5.25. The third-order valence-corrected chi connectivity index (χ3v) is 6.52. The molecule has 5 nitrogen and oxygen atoms in total. The Morgan fingerprint density at radius 2 is 1.70 bits per heavy atom. The van der Waals surface area contributed by atoms with Gasteiger partial charge in [0.05, 0.1) is 30.5 Å². The Morgan fingerprint density at radius 1 is 1.03 bits per heavy atom. The van der Waals surface area contributed by atoms with Gasteiger partial charge in [-0.05, 0) is 11.1 Å². The molecule has 2 heterocycles. The molecule has 2 aromatic carbocycles. The van der Waals surface area contributed by atoms with Crippen LogP contribution in [0.5, 0.6) is 0 Å². The van der Waals surface area contributed by atoms with Gasteiger partial charge in [0.1, 0.15) is 18.1 Å². The van der Waals surface area contributed by atoms with Gasteiger partial charge in [0.25, 0.3) is 0 Å². The van der Waals surface area contributed by atoms with E-state index in [2.05, 4.69) is 29.6 Å². The van der Waals surface area contributed by atoms with E-state index in [-0.39, 0.29) is 18.3 Å². The second-order valence-electron chi connectivity index (χ2n) is 7.50. The Balaban J connectivity index is 1.53. The van der Waals surface area contributed by atoms with Crippen LogP contribution < -0.4 is 10.2 Å². The van der Waals surface area contributed by atoms with Crippen LogP contribution in [0.15, 0.2) is 60.7 Å². The second-order valence-corrected chi connectivity index (χ2v) is 8.60. The van der Waals surface area contributed by atoms with Crippen LogP contribution in [0.25, 0.3) is 0 Å². The number of nitrogens with one attached hydrogen (secondary N) is 2. The van der Waals surface area contributed by atoms with Crippen molar-refractivity contribution in [1.82, 2.24) is 0 Å². The van der Waals surface area contributed by atoms with Crippen LogP contribution in [0.3, 0.4) is 0 Å². The Hall–Kier alpha value is -2.96. The molecule has 30 heavy (non-hydrogen) atoms. The maximum atomic E-state index is 12.6. The van der Waals surface area contributed by atoms with Gasteiger partial charge in [-0.3, -0.25) is 4.79 Å². The number of fused-ring (bicyclic) bond motifs is 1. The lowest BCUT2D eigenvalue weighted by molar-refractivity contribution is -0.929. The molecule has 0 saturated carbocycles. The molecule has 0 saturated heterocycles. The number of benzene rings is 2. The molecule has 0 aliphatic carbocycles. The number of carbonyl (C=O) groups excluding carboxylic acids is 2. The van der Waals surface area contributed by atoms with E-state index < -0.39 is 0 Å². The molecule has 3 aromatic rings. The predicted molar refractivity (Wildman–Crippen MR) is 118 cm³/mol. The largest absolute Gasteiger partial charge is 0.465 e. The number of amides is 1. The average molecular weight is 422 g/mol. The second kappa shape index (κ2) is 9.24. The van der Waals surface area contributed by atoms with Crippen molar-refractivity contribution in [1.29, 1.82) is 0 Å². The summed E-state index contributed by atoms with van der Waals surface area (Å²) < 4.78 is 5.03. The molecule has 1 unspecified atom stereocenters. The van der Waals surface area contributed by atoms with Crippen molar-refractivity contribution in [3.05, 3.63) is 87.8 Å². The summed E-state index contributed by atoms with van der Waals surface area (Å²) >= 11 is 1.51. The lowest BCUT2D eigenvalue weighted by Gasteiger charge is -2.24. The quantitative estimate of drug-likeness (QED) is 0.602. The Morgan fingerprint density at radius 3 is 2.37 bits per heavy atom. The number of ether oxygens (including phenoxy) is 1. The van der Waals surface area contributed by atoms with Crippen molar-refractivity contribution in [3.8, 4) is 0 Å². The fourth-order valence-electron chi connectivity index (χ4n) is 3.93. The number of methoxy groups -OCH3 is 1. The lowest BCUT2D eigenvalue weighted by atomic mass is 10.0. The van der Waals surface area contributed by atoms with Crippen molar-refractivity contribution in [2.75, 3.05) is 19.0 Å². The summed E-state index contributed by atoms with van der Waals surface area (Å²) in [5, 5.41) is 3.57. The zero-order chi connectivity index (χ0) is 20.9. The number of hydrogen-bond acceptors (Lipinski definition) is 4. The summed E-state index contributed by atoms with van der Waals surface area (Å²) in [7, 11) is 1.39. The first-order valence-electron chi connectivity index (χ1n) is 10.1. The lowest BCUT2D eigenvalue weighted by Crippen LogP contribution is -3.10. The zero-order valence-corrected chi connectivity index (χ0v) is 17.8. The van der Waals surface area contributed by atoms with Crippen molar-refractivity contribution >= 4 is 28.2 Å². The molecule has 154 valence electrons. The molecule has 2 N–H and O–H groups in total. The van der Waals surface area contributed by atoms with Crippen LogP contribution in [0.4, 0.5) is 5.00 Å². The van der Waals surface area contributed by atoms with Crippen molar-refractivity contribution in [2.24, 2.45) is 0 Å². The number of thiophene rings is 1. The van der Waals surface area contributed by atoms with Crippen molar-refractivity contribution in [2.45, 2.75) is 25.9 Å². The summed E-state index contributed by atoms with van der Waals surface area (Å²) in [5.41, 5.74) is 3.79. The van der Waals surface area contributed by atoms with E-state index in [0.717, 1.165) is 42.1 Å². The van der Waals surface area contributed by atoms with Crippen LogP contribution in [0.2, 0.25) is 0 Å². The molecule has 4 rings (SSSR count). The minimum Gasteiger partial charge on any atom is -0.465 e. The van der Waals surface area contributed by atoms with Gasteiger partial charge in [0.15, 0.2) is 0 Å². The van der Waals surface area contributed by atoms with E-state index in [1.165, 1.54) is 28.9 Å². The van der Waals surface area contributed by atoms with Gasteiger partial charge in [0.2, 0.25) is 5.91 Å². The summed E-state index contributed by atoms with van der Waals surface area (Å²) in [6.07, 6.45) is 1.07. The van der Waals surface area contributed by atoms with E-state index >= 15 is 0 Å². The molecule has 1 aliphatic rings. The third kappa shape index (κ3) is 4.61. The van der Waals surface area contributed by atoms with Crippen molar-refractivity contribution < 1.29 is 19.2 Å². The SMILES string of the molecule is COC(=O)c1c(NC(=O)Cc2ccccc2)sc2c1CC[NH+](Cc1ccccc1)C2. The average Bonchev–Trinajstić information content (AvgIpc) is 3.11. The van der Waals surface area contributed by atoms with Crippen LogP contribution >= 0.6 is 11.3 Å². The summed E-state index contributed by atoms with van der Waals surface area (Å²) in [6.45, 7) is 2.73. The first-order valence-corrected chi connectivity index (χ1v) is 10.9. The third-order valence-electron chi connectivity index (χ3n) is 5.38. The molecule has 0 bridgehead atoms. The Labute approximate surface area is 180 Å². The van der Waals surface area contributed by atoms with E-state index in [1.54, 1.807) is 0 Å². The topological polar surface area (TPSA) is 59.8 Å². The fraction of sp³-hybridized carbons (Fsp3) is 0.250. The maximum Gasteiger partial charge on any atom is 0.341 e. The molecule has 6 heteroatoms. The number of hydrogen-bond donors (Lipinski definition) is 2. The molecule has 1 atom stereocenters. The molecule has 1 aromatic heterocycles. The summed E-state index contributed by atoms with van der Waals surface area (Å²) in [6, 6.07) is 20.0. The van der Waals surface area contributed by atoms with Crippen molar-refractivity contribution in [3.63, 3.8) is 0 Å². The van der Waals surface area contributed by atoms with Crippen LogP contribution in [-0.2, 0) is 35.5 Å². The smallest absolute Gasteiger partial charge is 0.341 e. The van der Waals surface area contributed by atoms with Crippen LogP contribution in [-0.4, -0.2) is 25.5 Å². The molecule has 1 amide bonds. The number of quaternary nitrogens is 1. The Bertz CT molecular complexity index is 1030. The highest BCUT2D eigenvalue weighted by Gasteiger charge is 2.31. The monoisotopic (exact) mass is 421 g/mol. The van der Waals surface area contributed by atoms with E-state index in [4.69, 9.17) is 4.74 Å². The van der Waals surface area contributed by atoms with E-state index in [0.29, 0.717) is 10.6 Å². The number of rotatable bonds is 6. The normalized spacial score (nSPS) is 15.3. The Kier molecular flexibility index (Phi) is 6.26. The number of anilines is 1. The van der Waals surface area contributed by atoms with E-state index in [1.807, 2.05) is 36.4 Å². The highest BCUT2D eigenvalue weighted by Crippen LogP contribution is 2.35. The summed E-state index contributed by atoms with van der Waals surface area (Å²) in [4.78, 5) is 27.7. The molecular weight excluding hydrogens is 396 g/mol. The van der Waals surface area contributed by atoms with Gasteiger partial charge < -0.3 is 15.0 Å². The predicted octanol–water partition coefficient (Wildman–Crippen LogP) is 2.86. The minimum atomic E-state index is -0.381. The molecule has 1 aliphatic heterocycles. The first kappa shape index (κ1) is 20.3. The molecular formula is C24H25N2O3S+. The minimum absolute atomic E-state index is 0.126. The van der Waals surface area contributed by atoms with Crippen LogP contribution in [0, 0.1) is 0 Å². The van der Waals surface area contributed by atoms with Gasteiger partial charge in [0, 0.05) is 12.0 Å². The summed E-state index contributed by atoms with van der Waals surface area (Å²) in [5.74, 6) is -0.507. The highest BCUT2D eigenvalue weighted by molar-refractivity contribution is 7.17. The maximum absolute atomic E-state index is 12.6. The molecule has 0 fully saturated rings. The van der Waals surface area contributed by atoms with Gasteiger partial charge in [-0.25, -0.2) is 4.79 Å². The number of esters is 1. The zero-order valence-electron chi connectivity index (χ0n) is 16.9. The number of carbonyl (C=O) groups is 2. The van der Waals surface area contributed by atoms with Gasteiger partial charge in [-0.1, -0.05) is 60.7 Å². The van der Waals surface area contributed by atoms with Gasteiger partial charge >= 0.3 is 5.97 Å².